The maximum Gasteiger partial charge on any atom is 0.441 e. The van der Waals surface area contributed by atoms with Crippen molar-refractivity contribution in [3.8, 4) is 0 Å². The Morgan fingerprint density at radius 1 is 1.25 bits per heavy atom. The molecule has 0 aliphatic carbocycles. The van der Waals surface area contributed by atoms with Crippen molar-refractivity contribution >= 4 is 11.8 Å². The third kappa shape index (κ3) is 7.20. The van der Waals surface area contributed by atoms with Crippen molar-refractivity contribution < 1.29 is 13.2 Å². The zero-order valence-corrected chi connectivity index (χ0v) is 12.8. The van der Waals surface area contributed by atoms with Gasteiger partial charge in [0.25, 0.3) is 0 Å². The molecule has 0 amide bonds. The first kappa shape index (κ1) is 17.4. The largest absolute Gasteiger partial charge is 0.441 e. The van der Waals surface area contributed by atoms with E-state index in [0.29, 0.717) is 6.42 Å². The second-order valence-corrected chi connectivity index (χ2v) is 6.05. The lowest BCUT2D eigenvalue weighted by Crippen LogP contribution is -2.25. The van der Waals surface area contributed by atoms with Gasteiger partial charge in [0.15, 0.2) is 0 Å². The molecule has 0 aliphatic heterocycles. The maximum atomic E-state index is 12.2. The van der Waals surface area contributed by atoms with Gasteiger partial charge in [0.1, 0.15) is 0 Å². The van der Waals surface area contributed by atoms with Gasteiger partial charge in [0.2, 0.25) is 0 Å². The number of halogens is 3. The number of nitrogens with one attached hydrogen (secondary N) is 1. The van der Waals surface area contributed by atoms with E-state index in [0.717, 1.165) is 19.5 Å². The number of benzene rings is 1. The van der Waals surface area contributed by atoms with Crippen molar-refractivity contribution in [2.24, 2.45) is 5.92 Å². The second kappa shape index (κ2) is 8.57. The Labute approximate surface area is 123 Å². The molecule has 0 radical (unpaired) electrons. The van der Waals surface area contributed by atoms with Gasteiger partial charge in [-0.2, -0.15) is 13.2 Å². The van der Waals surface area contributed by atoms with Crippen LogP contribution in [0.2, 0.25) is 0 Å². The van der Waals surface area contributed by atoms with Gasteiger partial charge in [-0.1, -0.05) is 43.0 Å². The Morgan fingerprint density at radius 2 is 1.95 bits per heavy atom. The molecule has 5 heteroatoms. The molecule has 1 unspecified atom stereocenters. The van der Waals surface area contributed by atoms with E-state index in [-0.39, 0.29) is 23.4 Å². The summed E-state index contributed by atoms with van der Waals surface area (Å²) in [5, 5.41) is 3.25. The fourth-order valence-electron chi connectivity index (χ4n) is 2.12. The van der Waals surface area contributed by atoms with E-state index in [4.69, 9.17) is 0 Å². The quantitative estimate of drug-likeness (QED) is 0.763. The minimum Gasteiger partial charge on any atom is -0.317 e. The fourth-order valence-corrected chi connectivity index (χ4v) is 2.80. The van der Waals surface area contributed by atoms with Gasteiger partial charge in [-0.15, -0.1) is 0 Å². The van der Waals surface area contributed by atoms with E-state index in [9.17, 15) is 13.2 Å². The number of rotatable bonds is 8. The van der Waals surface area contributed by atoms with Gasteiger partial charge >= 0.3 is 5.51 Å². The van der Waals surface area contributed by atoms with Crippen LogP contribution in [0.25, 0.3) is 0 Å². The van der Waals surface area contributed by atoms with Crippen LogP contribution < -0.4 is 5.32 Å². The van der Waals surface area contributed by atoms with E-state index >= 15 is 0 Å². The summed E-state index contributed by atoms with van der Waals surface area (Å²) in [6.45, 7) is 5.67. The van der Waals surface area contributed by atoms with Crippen LogP contribution in [-0.4, -0.2) is 24.4 Å². The highest BCUT2D eigenvalue weighted by molar-refractivity contribution is 8.00. The lowest BCUT2D eigenvalue weighted by Gasteiger charge is -2.18. The fraction of sp³-hybridized carbons (Fsp3) is 0.600. The maximum absolute atomic E-state index is 12.2. The summed E-state index contributed by atoms with van der Waals surface area (Å²) in [6.07, 6.45) is 1.41. The molecular formula is C15H22F3NS. The molecule has 0 saturated heterocycles. The van der Waals surface area contributed by atoms with E-state index in [1.54, 1.807) is 0 Å². The van der Waals surface area contributed by atoms with Crippen molar-refractivity contribution in [1.29, 1.82) is 0 Å². The lowest BCUT2D eigenvalue weighted by molar-refractivity contribution is -0.0328. The minimum absolute atomic E-state index is 0.0823. The van der Waals surface area contributed by atoms with Crippen molar-refractivity contribution in [1.82, 2.24) is 5.32 Å². The zero-order valence-electron chi connectivity index (χ0n) is 12.0. The summed E-state index contributed by atoms with van der Waals surface area (Å²) >= 11 is 0.0823. The number of alkyl halides is 3. The van der Waals surface area contributed by atoms with Crippen LogP contribution in [0.1, 0.15) is 24.5 Å². The minimum atomic E-state index is -4.12. The van der Waals surface area contributed by atoms with Crippen molar-refractivity contribution in [3.05, 3.63) is 35.4 Å². The van der Waals surface area contributed by atoms with Gasteiger partial charge < -0.3 is 5.32 Å². The molecule has 1 nitrogen and oxygen atoms in total. The van der Waals surface area contributed by atoms with Crippen LogP contribution in [0, 0.1) is 12.8 Å². The van der Waals surface area contributed by atoms with Crippen molar-refractivity contribution in [3.63, 3.8) is 0 Å². The molecule has 0 aliphatic rings. The van der Waals surface area contributed by atoms with Crippen LogP contribution in [0.3, 0.4) is 0 Å². The van der Waals surface area contributed by atoms with Gasteiger partial charge in [0.05, 0.1) is 0 Å². The number of thioether (sulfide) groups is 1. The molecule has 0 saturated carbocycles. The summed E-state index contributed by atoms with van der Waals surface area (Å²) in [5.41, 5.74) is -1.68. The van der Waals surface area contributed by atoms with Gasteiger partial charge in [-0.25, -0.2) is 0 Å². The number of hydrogen-bond acceptors (Lipinski definition) is 2. The molecule has 1 aromatic rings. The van der Waals surface area contributed by atoms with Gasteiger partial charge in [0, 0.05) is 5.75 Å². The van der Waals surface area contributed by atoms with Crippen LogP contribution in [0.5, 0.6) is 0 Å². The first-order chi connectivity index (χ1) is 9.42. The van der Waals surface area contributed by atoms with E-state index in [1.807, 2.05) is 32.0 Å². The lowest BCUT2D eigenvalue weighted by atomic mass is 9.94. The first-order valence-electron chi connectivity index (χ1n) is 6.88. The molecule has 0 fully saturated rings. The predicted octanol–water partition coefficient (Wildman–Crippen LogP) is 4.41. The summed E-state index contributed by atoms with van der Waals surface area (Å²) < 4.78 is 36.6. The molecule has 0 bridgehead atoms. The molecular weight excluding hydrogens is 283 g/mol. The summed E-state index contributed by atoms with van der Waals surface area (Å²) in [4.78, 5) is 0. The highest BCUT2D eigenvalue weighted by Gasteiger charge is 2.28. The summed E-state index contributed by atoms with van der Waals surface area (Å²) in [5.74, 6) is 0.372. The zero-order chi connectivity index (χ0) is 15.0. The van der Waals surface area contributed by atoms with E-state index in [1.165, 1.54) is 11.1 Å². The smallest absolute Gasteiger partial charge is 0.317 e. The van der Waals surface area contributed by atoms with Gasteiger partial charge in [-0.05, 0) is 49.9 Å². The molecule has 20 heavy (non-hydrogen) atoms. The van der Waals surface area contributed by atoms with E-state index in [2.05, 4.69) is 11.4 Å². The molecule has 1 aromatic carbocycles. The average molecular weight is 305 g/mol. The Bertz CT molecular complexity index is 393. The van der Waals surface area contributed by atoms with Crippen molar-refractivity contribution in [2.45, 2.75) is 32.2 Å². The van der Waals surface area contributed by atoms with E-state index < -0.39 is 5.51 Å². The summed E-state index contributed by atoms with van der Waals surface area (Å²) in [6, 6.07) is 8.07. The topological polar surface area (TPSA) is 12.0 Å². The van der Waals surface area contributed by atoms with Crippen LogP contribution in [0.4, 0.5) is 13.2 Å². The summed E-state index contributed by atoms with van der Waals surface area (Å²) in [7, 11) is 0. The predicted molar refractivity (Wildman–Crippen MR) is 80.0 cm³/mol. The van der Waals surface area contributed by atoms with Crippen molar-refractivity contribution in [2.75, 3.05) is 18.8 Å². The second-order valence-electron chi connectivity index (χ2n) is 4.89. The normalized spacial score (nSPS) is 13.4. The Morgan fingerprint density at radius 3 is 2.55 bits per heavy atom. The monoisotopic (exact) mass is 305 g/mol. The van der Waals surface area contributed by atoms with Crippen LogP contribution in [-0.2, 0) is 6.42 Å². The number of aryl methyl sites for hydroxylation is 1. The van der Waals surface area contributed by atoms with Gasteiger partial charge in [-0.3, -0.25) is 0 Å². The van der Waals surface area contributed by atoms with Crippen LogP contribution >= 0.6 is 11.8 Å². The molecule has 1 atom stereocenters. The highest BCUT2D eigenvalue weighted by Crippen LogP contribution is 2.31. The molecule has 1 rings (SSSR count). The molecule has 0 spiro atoms. The Balaban J connectivity index is 2.53. The Hall–Kier alpha value is -0.680. The Kier molecular flexibility index (Phi) is 7.45. The van der Waals surface area contributed by atoms with Crippen LogP contribution in [0.15, 0.2) is 24.3 Å². The molecule has 114 valence electrons. The third-order valence-corrected chi connectivity index (χ3v) is 4.01. The third-order valence-electron chi connectivity index (χ3n) is 3.24. The standard InChI is InChI=1S/C15H22F3NS/c1-3-19-11-13(8-9-20-15(16,17)18)10-14-7-5-4-6-12(14)2/h4-7,13,19H,3,8-11H2,1-2H3. The average Bonchev–Trinajstić information content (AvgIpc) is 2.36. The molecule has 1 N–H and O–H groups in total. The first-order valence-corrected chi connectivity index (χ1v) is 7.87. The molecule has 0 heterocycles. The SMILES string of the molecule is CCNCC(CCSC(F)(F)F)Cc1ccccc1C. The highest BCUT2D eigenvalue weighted by atomic mass is 32.2. The number of hydrogen-bond donors (Lipinski definition) is 1. The molecule has 0 aromatic heterocycles.